The van der Waals surface area contributed by atoms with Gasteiger partial charge in [0.2, 0.25) is 0 Å². The Kier molecular flexibility index (Phi) is 5.22. The third-order valence-electron chi connectivity index (χ3n) is 3.89. The van der Waals surface area contributed by atoms with Crippen LogP contribution in [0.4, 0.5) is 0 Å². The van der Waals surface area contributed by atoms with Gasteiger partial charge in [-0.3, -0.25) is 9.36 Å². The molecule has 0 saturated heterocycles. The number of nitrogens with zero attached hydrogens (tertiary/aromatic N) is 4. The molecule has 2 rings (SSSR count). The number of aryl methyl sites for hydroxylation is 3. The van der Waals surface area contributed by atoms with Crippen molar-refractivity contribution in [2.75, 3.05) is 13.1 Å². The van der Waals surface area contributed by atoms with Gasteiger partial charge in [0.15, 0.2) is 0 Å². The van der Waals surface area contributed by atoms with Gasteiger partial charge in [-0.05, 0) is 61.8 Å². The number of rotatable bonds is 6. The summed E-state index contributed by atoms with van der Waals surface area (Å²) in [6.07, 6.45) is 1.02. The van der Waals surface area contributed by atoms with E-state index in [2.05, 4.69) is 51.8 Å². The summed E-state index contributed by atoms with van der Waals surface area (Å²) in [5.41, 5.74) is 5.89. The predicted octanol–water partition coefficient (Wildman–Crippen LogP) is 2.50. The van der Waals surface area contributed by atoms with Crippen molar-refractivity contribution >= 4 is 15.9 Å². The Morgan fingerprint density at radius 3 is 2.43 bits per heavy atom. The van der Waals surface area contributed by atoms with Gasteiger partial charge in [-0.25, -0.2) is 0 Å². The van der Waals surface area contributed by atoms with Gasteiger partial charge in [-0.2, -0.15) is 10.2 Å². The third kappa shape index (κ3) is 3.37. The highest BCUT2D eigenvalue weighted by Crippen LogP contribution is 2.22. The molecule has 0 unspecified atom stereocenters. The molecule has 2 aromatic rings. The van der Waals surface area contributed by atoms with Crippen LogP contribution < -0.4 is 5.32 Å². The zero-order valence-corrected chi connectivity index (χ0v) is 15.1. The van der Waals surface area contributed by atoms with E-state index in [1.807, 2.05) is 18.7 Å². The summed E-state index contributed by atoms with van der Waals surface area (Å²) in [6, 6.07) is 0. The summed E-state index contributed by atoms with van der Waals surface area (Å²) in [5.74, 6) is 0. The molecular formula is C15H24BrN5. The van der Waals surface area contributed by atoms with Crippen LogP contribution in [0.2, 0.25) is 0 Å². The molecule has 0 aliphatic carbocycles. The summed E-state index contributed by atoms with van der Waals surface area (Å²) in [5, 5.41) is 12.5. The summed E-state index contributed by atoms with van der Waals surface area (Å²) in [4.78, 5) is 0. The van der Waals surface area contributed by atoms with Gasteiger partial charge in [0.1, 0.15) is 0 Å². The van der Waals surface area contributed by atoms with E-state index in [0.717, 1.165) is 47.6 Å². The summed E-state index contributed by atoms with van der Waals surface area (Å²) in [7, 11) is 1.98. The smallest absolute Gasteiger partial charge is 0.0842 e. The highest BCUT2D eigenvalue weighted by molar-refractivity contribution is 9.10. The number of hydrogen-bond donors (Lipinski definition) is 1. The first-order chi connectivity index (χ1) is 9.95. The molecule has 0 bridgehead atoms. The lowest BCUT2D eigenvalue weighted by molar-refractivity contribution is 0.601. The Balaban J connectivity index is 2.23. The van der Waals surface area contributed by atoms with Gasteiger partial charge in [0.05, 0.1) is 28.1 Å². The molecule has 0 spiro atoms. The topological polar surface area (TPSA) is 47.7 Å². The molecule has 0 fully saturated rings. The van der Waals surface area contributed by atoms with Crippen LogP contribution in [0.1, 0.15) is 35.3 Å². The van der Waals surface area contributed by atoms with Crippen LogP contribution >= 0.6 is 15.9 Å². The summed E-state index contributed by atoms with van der Waals surface area (Å²) in [6.45, 7) is 11.1. The van der Waals surface area contributed by atoms with Crippen molar-refractivity contribution in [1.29, 1.82) is 0 Å². The van der Waals surface area contributed by atoms with Gasteiger partial charge in [-0.1, -0.05) is 6.92 Å². The number of aromatic nitrogens is 4. The first-order valence-corrected chi connectivity index (χ1v) is 8.16. The van der Waals surface area contributed by atoms with Crippen LogP contribution in [0.5, 0.6) is 0 Å². The highest BCUT2D eigenvalue weighted by Gasteiger charge is 2.15. The molecule has 21 heavy (non-hydrogen) atoms. The minimum absolute atomic E-state index is 0.742. The first kappa shape index (κ1) is 16.2. The summed E-state index contributed by atoms with van der Waals surface area (Å²) < 4.78 is 5.08. The first-order valence-electron chi connectivity index (χ1n) is 7.37. The molecule has 6 heteroatoms. The van der Waals surface area contributed by atoms with Crippen molar-refractivity contribution < 1.29 is 0 Å². The second kappa shape index (κ2) is 6.75. The normalized spacial score (nSPS) is 11.3. The maximum atomic E-state index is 4.70. The Morgan fingerprint density at radius 2 is 1.86 bits per heavy atom. The van der Waals surface area contributed by atoms with E-state index in [0.29, 0.717) is 0 Å². The monoisotopic (exact) mass is 353 g/mol. The third-order valence-corrected chi connectivity index (χ3v) is 4.93. The molecule has 2 aromatic heterocycles. The van der Waals surface area contributed by atoms with Crippen molar-refractivity contribution in [2.24, 2.45) is 7.05 Å². The number of likely N-dealkylation sites (N-methyl/N-ethyl adjacent to an activating group) is 1. The maximum Gasteiger partial charge on any atom is 0.0842 e. The minimum Gasteiger partial charge on any atom is -0.317 e. The largest absolute Gasteiger partial charge is 0.317 e. The average molecular weight is 354 g/mol. The summed E-state index contributed by atoms with van der Waals surface area (Å²) >= 11 is 3.63. The van der Waals surface area contributed by atoms with Gasteiger partial charge >= 0.3 is 0 Å². The Hall–Kier alpha value is -1.14. The molecule has 0 aromatic carbocycles. The van der Waals surface area contributed by atoms with Crippen molar-refractivity contribution in [3.05, 3.63) is 32.8 Å². The Bertz CT molecular complexity index is 627. The number of nitrogens with one attached hydrogen (secondary N) is 1. The highest BCUT2D eigenvalue weighted by atomic mass is 79.9. The molecule has 0 saturated carbocycles. The van der Waals surface area contributed by atoms with E-state index in [9.17, 15) is 0 Å². The van der Waals surface area contributed by atoms with Crippen LogP contribution in [0.15, 0.2) is 4.47 Å². The molecule has 0 radical (unpaired) electrons. The van der Waals surface area contributed by atoms with E-state index >= 15 is 0 Å². The maximum absolute atomic E-state index is 4.70. The fourth-order valence-corrected chi connectivity index (χ4v) is 3.09. The lowest BCUT2D eigenvalue weighted by atomic mass is 10.1. The standard InChI is InChI=1S/C15H24BrN5/c1-6-17-8-7-13-10(2)19-21(12(13)4)9-14-15(16)11(3)18-20(14)5/h17H,6-9H2,1-5H3. The molecule has 0 aliphatic heterocycles. The molecule has 5 nitrogen and oxygen atoms in total. The molecular weight excluding hydrogens is 330 g/mol. The van der Waals surface area contributed by atoms with Gasteiger partial charge in [0, 0.05) is 12.7 Å². The van der Waals surface area contributed by atoms with Crippen LogP contribution in [-0.2, 0) is 20.0 Å². The SMILES string of the molecule is CCNCCc1c(C)nn(Cc2c(Br)c(C)nn2C)c1C. The minimum atomic E-state index is 0.742. The van der Waals surface area contributed by atoms with Gasteiger partial charge in [0.25, 0.3) is 0 Å². The van der Waals surface area contributed by atoms with Gasteiger partial charge < -0.3 is 5.32 Å². The zero-order chi connectivity index (χ0) is 15.6. The van der Waals surface area contributed by atoms with Crippen LogP contribution in [-0.4, -0.2) is 32.7 Å². The fourth-order valence-electron chi connectivity index (χ4n) is 2.63. The van der Waals surface area contributed by atoms with Crippen molar-refractivity contribution in [3.63, 3.8) is 0 Å². The lowest BCUT2D eigenvalue weighted by Gasteiger charge is -2.07. The second-order valence-corrected chi connectivity index (χ2v) is 6.17. The number of hydrogen-bond acceptors (Lipinski definition) is 3. The molecule has 1 N–H and O–H groups in total. The van der Waals surface area contributed by atoms with Crippen LogP contribution in [0, 0.1) is 20.8 Å². The Labute approximate surface area is 134 Å². The van der Waals surface area contributed by atoms with Crippen LogP contribution in [0.25, 0.3) is 0 Å². The van der Waals surface area contributed by atoms with E-state index in [1.54, 1.807) is 0 Å². The molecule has 116 valence electrons. The fraction of sp³-hybridized carbons (Fsp3) is 0.600. The lowest BCUT2D eigenvalue weighted by Crippen LogP contribution is -2.16. The Morgan fingerprint density at radius 1 is 1.14 bits per heavy atom. The van der Waals surface area contributed by atoms with Gasteiger partial charge in [-0.15, -0.1) is 0 Å². The van der Waals surface area contributed by atoms with Crippen LogP contribution in [0.3, 0.4) is 0 Å². The average Bonchev–Trinajstić information content (AvgIpc) is 2.83. The molecule has 0 atom stereocenters. The van der Waals surface area contributed by atoms with E-state index < -0.39 is 0 Å². The quantitative estimate of drug-likeness (QED) is 0.811. The predicted molar refractivity (Wildman–Crippen MR) is 88.7 cm³/mol. The van der Waals surface area contributed by atoms with Crippen molar-refractivity contribution in [3.8, 4) is 0 Å². The molecule has 0 amide bonds. The van der Waals surface area contributed by atoms with Crippen molar-refractivity contribution in [1.82, 2.24) is 24.9 Å². The number of halogens is 1. The van der Waals surface area contributed by atoms with E-state index in [1.165, 1.54) is 11.3 Å². The van der Waals surface area contributed by atoms with Crippen molar-refractivity contribution in [2.45, 2.75) is 40.7 Å². The van der Waals surface area contributed by atoms with E-state index in [-0.39, 0.29) is 0 Å². The molecule has 2 heterocycles. The molecule has 0 aliphatic rings. The van der Waals surface area contributed by atoms with E-state index in [4.69, 9.17) is 5.10 Å². The zero-order valence-electron chi connectivity index (χ0n) is 13.5. The second-order valence-electron chi connectivity index (χ2n) is 5.38.